The summed E-state index contributed by atoms with van der Waals surface area (Å²) >= 11 is 0. The topological polar surface area (TPSA) is 105 Å². The van der Waals surface area contributed by atoms with E-state index in [0.717, 1.165) is 69.9 Å². The number of carbonyl (C=O) groups is 2. The number of hydrogen-bond acceptors (Lipinski definition) is 7. The van der Waals surface area contributed by atoms with Gasteiger partial charge in [-0.15, -0.1) is 0 Å². The molecule has 3 aromatic carbocycles. The van der Waals surface area contributed by atoms with E-state index in [1.165, 1.54) is 6.42 Å². The molecular weight excluding hydrogens is 561 g/mol. The minimum atomic E-state index is -1.02. The summed E-state index contributed by atoms with van der Waals surface area (Å²) in [5.41, 5.74) is -0.932. The minimum absolute atomic E-state index is 0.00823. The van der Waals surface area contributed by atoms with E-state index in [1.54, 1.807) is 24.3 Å². The molecule has 44 heavy (non-hydrogen) atoms. The molecule has 7 nitrogen and oxygen atoms in total. The standard InChI is InChI=1S/C36H44FNO6/c1-3-5-7-9-11-16-22-43-35-31(37)29-30(34(42)28-26(40)21-20-25(39)27(28)33(29)41)32(38-24-18-14-13-15-19-24)36(35)44-23-17-12-10-8-6-4-2/h13-15,18-21,38-40H,3-12,16-17,22-23H2,1-2H3. The Labute approximate surface area is 259 Å². The largest absolute Gasteiger partial charge is 0.507 e. The molecule has 0 spiro atoms. The normalized spacial score (nSPS) is 12.2. The highest BCUT2D eigenvalue weighted by Gasteiger charge is 2.42. The summed E-state index contributed by atoms with van der Waals surface area (Å²) in [6.07, 6.45) is 12.2. The predicted molar refractivity (Wildman–Crippen MR) is 171 cm³/mol. The average Bonchev–Trinajstić information content (AvgIpc) is 3.02. The molecule has 0 aromatic heterocycles. The first-order valence-corrected chi connectivity index (χ1v) is 16.0. The summed E-state index contributed by atoms with van der Waals surface area (Å²) in [7, 11) is 0. The summed E-state index contributed by atoms with van der Waals surface area (Å²) in [5.74, 6) is -3.97. The van der Waals surface area contributed by atoms with E-state index in [-0.39, 0.29) is 41.5 Å². The lowest BCUT2D eigenvalue weighted by Crippen LogP contribution is -2.25. The SMILES string of the molecule is CCCCCCCCOc1c(F)c2c(c(Nc3ccccc3)c1OCCCCCCCC)C(=O)c1c(O)ccc(O)c1C2=O. The molecule has 4 rings (SSSR count). The summed E-state index contributed by atoms with van der Waals surface area (Å²) in [5, 5.41) is 24.3. The van der Waals surface area contributed by atoms with E-state index in [9.17, 15) is 19.8 Å². The number of aromatic hydroxyl groups is 2. The Morgan fingerprint density at radius 2 is 1.09 bits per heavy atom. The van der Waals surface area contributed by atoms with Gasteiger partial charge in [-0.25, -0.2) is 4.39 Å². The number of phenolic OH excluding ortho intramolecular Hbond substituents is 2. The van der Waals surface area contributed by atoms with Gasteiger partial charge in [-0.1, -0.05) is 96.3 Å². The van der Waals surface area contributed by atoms with Crippen LogP contribution in [0.1, 0.15) is 123 Å². The first kappa shape index (κ1) is 32.8. The van der Waals surface area contributed by atoms with Crippen LogP contribution in [0.5, 0.6) is 23.0 Å². The van der Waals surface area contributed by atoms with Gasteiger partial charge in [0.25, 0.3) is 0 Å². The number of benzene rings is 3. The molecule has 0 heterocycles. The van der Waals surface area contributed by atoms with Crippen LogP contribution >= 0.6 is 0 Å². The molecule has 8 heteroatoms. The van der Waals surface area contributed by atoms with E-state index in [4.69, 9.17) is 9.47 Å². The fourth-order valence-electron chi connectivity index (χ4n) is 5.57. The van der Waals surface area contributed by atoms with Gasteiger partial charge in [-0.2, -0.15) is 0 Å². The molecule has 0 saturated heterocycles. The second kappa shape index (κ2) is 16.1. The third kappa shape index (κ3) is 7.52. The molecule has 0 radical (unpaired) electrons. The number of rotatable bonds is 18. The molecule has 1 aliphatic rings. The van der Waals surface area contributed by atoms with Crippen molar-refractivity contribution in [3.8, 4) is 23.0 Å². The van der Waals surface area contributed by atoms with E-state index in [1.807, 2.05) is 6.07 Å². The summed E-state index contributed by atoms with van der Waals surface area (Å²) in [6.45, 7) is 4.77. The smallest absolute Gasteiger partial charge is 0.201 e. The van der Waals surface area contributed by atoms with E-state index >= 15 is 4.39 Å². The molecule has 0 bridgehead atoms. The van der Waals surface area contributed by atoms with Crippen LogP contribution in [0, 0.1) is 5.82 Å². The van der Waals surface area contributed by atoms with E-state index in [0.29, 0.717) is 18.5 Å². The van der Waals surface area contributed by atoms with E-state index < -0.39 is 40.0 Å². The lowest BCUT2D eigenvalue weighted by Gasteiger charge is -2.27. The Balaban J connectivity index is 1.78. The summed E-state index contributed by atoms with van der Waals surface area (Å²) in [6, 6.07) is 11.2. The van der Waals surface area contributed by atoms with Crippen molar-refractivity contribution in [3.63, 3.8) is 0 Å². The van der Waals surface area contributed by atoms with Gasteiger partial charge in [-0.3, -0.25) is 9.59 Å². The van der Waals surface area contributed by atoms with Gasteiger partial charge in [-0.05, 0) is 37.1 Å². The van der Waals surface area contributed by atoms with Gasteiger partial charge < -0.3 is 25.0 Å². The number of halogens is 1. The first-order valence-electron chi connectivity index (χ1n) is 16.0. The Morgan fingerprint density at radius 1 is 0.614 bits per heavy atom. The molecule has 0 fully saturated rings. The van der Waals surface area contributed by atoms with Gasteiger partial charge >= 0.3 is 0 Å². The van der Waals surface area contributed by atoms with Crippen molar-refractivity contribution in [2.75, 3.05) is 18.5 Å². The lowest BCUT2D eigenvalue weighted by atomic mass is 9.81. The van der Waals surface area contributed by atoms with Crippen molar-refractivity contribution in [2.24, 2.45) is 0 Å². The highest BCUT2D eigenvalue weighted by molar-refractivity contribution is 6.32. The number of anilines is 2. The molecule has 3 N–H and O–H groups in total. The molecular formula is C36H44FNO6. The van der Waals surface area contributed by atoms with Crippen molar-refractivity contribution in [3.05, 3.63) is 70.5 Å². The van der Waals surface area contributed by atoms with Crippen molar-refractivity contribution >= 4 is 22.9 Å². The fourth-order valence-corrected chi connectivity index (χ4v) is 5.57. The van der Waals surface area contributed by atoms with Crippen LogP contribution in [0.25, 0.3) is 0 Å². The average molecular weight is 606 g/mol. The number of carbonyl (C=O) groups excluding carboxylic acids is 2. The zero-order valence-corrected chi connectivity index (χ0v) is 25.8. The van der Waals surface area contributed by atoms with Crippen LogP contribution in [0.4, 0.5) is 15.8 Å². The maximum absolute atomic E-state index is 16.5. The minimum Gasteiger partial charge on any atom is -0.507 e. The van der Waals surface area contributed by atoms with Gasteiger partial charge in [0.2, 0.25) is 11.6 Å². The number of ether oxygens (including phenoxy) is 2. The summed E-state index contributed by atoms with van der Waals surface area (Å²) in [4.78, 5) is 27.8. The molecule has 0 aliphatic heterocycles. The molecule has 1 aliphatic carbocycles. The van der Waals surface area contributed by atoms with Crippen molar-refractivity contribution in [2.45, 2.75) is 90.9 Å². The Kier molecular flexibility index (Phi) is 12.0. The second-order valence-corrected chi connectivity index (χ2v) is 11.3. The van der Waals surface area contributed by atoms with Crippen LogP contribution in [0.15, 0.2) is 42.5 Å². The maximum atomic E-state index is 16.5. The van der Waals surface area contributed by atoms with Crippen molar-refractivity contribution in [1.29, 1.82) is 0 Å². The number of fused-ring (bicyclic) bond motifs is 2. The molecule has 0 amide bonds. The van der Waals surface area contributed by atoms with Gasteiger partial charge in [0.15, 0.2) is 17.3 Å². The first-order chi connectivity index (χ1) is 21.4. The van der Waals surface area contributed by atoms with Crippen molar-refractivity contribution < 1.29 is 33.7 Å². The molecule has 0 unspecified atom stereocenters. The highest BCUT2D eigenvalue weighted by Crippen LogP contribution is 2.49. The van der Waals surface area contributed by atoms with Crippen LogP contribution in [0.3, 0.4) is 0 Å². The third-order valence-corrected chi connectivity index (χ3v) is 7.95. The second-order valence-electron chi connectivity index (χ2n) is 11.3. The maximum Gasteiger partial charge on any atom is 0.201 e. The molecule has 3 aromatic rings. The molecule has 0 atom stereocenters. The quantitative estimate of drug-likeness (QED) is 0.0767. The van der Waals surface area contributed by atoms with Crippen molar-refractivity contribution in [1.82, 2.24) is 0 Å². The van der Waals surface area contributed by atoms with Crippen LogP contribution in [-0.2, 0) is 0 Å². The number of para-hydroxylation sites is 1. The van der Waals surface area contributed by atoms with Crippen LogP contribution in [0.2, 0.25) is 0 Å². The number of ketones is 2. The lowest BCUT2D eigenvalue weighted by molar-refractivity contribution is 0.0969. The number of unbranched alkanes of at least 4 members (excludes halogenated alkanes) is 10. The number of hydrogen-bond donors (Lipinski definition) is 3. The fraction of sp³-hybridized carbons (Fsp3) is 0.444. The number of nitrogens with one attached hydrogen (secondary N) is 1. The highest BCUT2D eigenvalue weighted by atomic mass is 19.1. The Bertz CT molecular complexity index is 1440. The third-order valence-electron chi connectivity index (χ3n) is 7.95. The number of phenols is 2. The Hall–Kier alpha value is -4.07. The van der Waals surface area contributed by atoms with Gasteiger partial charge in [0.1, 0.15) is 11.5 Å². The molecule has 236 valence electrons. The Morgan fingerprint density at radius 3 is 1.64 bits per heavy atom. The van der Waals surface area contributed by atoms with Gasteiger partial charge in [0.05, 0.1) is 41.2 Å². The zero-order chi connectivity index (χ0) is 31.5. The predicted octanol–water partition coefficient (Wildman–Crippen LogP) is 9.23. The monoisotopic (exact) mass is 605 g/mol. The molecule has 0 saturated carbocycles. The zero-order valence-electron chi connectivity index (χ0n) is 25.8. The van der Waals surface area contributed by atoms with Crippen LogP contribution in [-0.4, -0.2) is 35.0 Å². The van der Waals surface area contributed by atoms with Gasteiger partial charge in [0, 0.05) is 5.69 Å². The summed E-state index contributed by atoms with van der Waals surface area (Å²) < 4.78 is 28.8. The van der Waals surface area contributed by atoms with E-state index in [2.05, 4.69) is 19.2 Å². The van der Waals surface area contributed by atoms with Crippen LogP contribution < -0.4 is 14.8 Å².